The summed E-state index contributed by atoms with van der Waals surface area (Å²) in [4.78, 5) is 11.4. The van der Waals surface area contributed by atoms with Crippen molar-refractivity contribution in [3.8, 4) is 6.07 Å². The van der Waals surface area contributed by atoms with Crippen LogP contribution in [0.25, 0.3) is 0 Å². The summed E-state index contributed by atoms with van der Waals surface area (Å²) in [5.41, 5.74) is -1.02. The van der Waals surface area contributed by atoms with Crippen LogP contribution in [0.5, 0.6) is 0 Å². The first-order valence-electron chi connectivity index (χ1n) is 3.56. The van der Waals surface area contributed by atoms with E-state index in [0.29, 0.717) is 5.00 Å². The first kappa shape index (κ1) is 9.61. The van der Waals surface area contributed by atoms with Gasteiger partial charge in [-0.1, -0.05) is 4.49 Å². The minimum atomic E-state index is -1.02. The van der Waals surface area contributed by atoms with E-state index in [1.165, 1.54) is 6.20 Å². The number of carbonyl (C=O) groups excluding carboxylic acids is 1. The standard InChI is InChI=1S/C7H8N4OS/c1-7(2,4-8)6(12)10-5-3-9-11-13-5/h3H,1-2H3,(H,10,12). The zero-order chi connectivity index (χ0) is 9.90. The van der Waals surface area contributed by atoms with E-state index in [1.807, 2.05) is 6.07 Å². The van der Waals surface area contributed by atoms with Crippen molar-refractivity contribution in [2.45, 2.75) is 13.8 Å². The average molecular weight is 196 g/mol. The molecule has 1 aromatic rings. The van der Waals surface area contributed by atoms with Crippen LogP contribution in [0.1, 0.15) is 13.8 Å². The van der Waals surface area contributed by atoms with Gasteiger partial charge >= 0.3 is 0 Å². The van der Waals surface area contributed by atoms with Crippen molar-refractivity contribution >= 4 is 22.4 Å². The minimum absolute atomic E-state index is 0.346. The van der Waals surface area contributed by atoms with Gasteiger partial charge < -0.3 is 5.32 Å². The third-order valence-corrected chi connectivity index (χ3v) is 2.03. The van der Waals surface area contributed by atoms with Gasteiger partial charge in [0.1, 0.15) is 10.4 Å². The lowest BCUT2D eigenvalue weighted by Gasteiger charge is -2.12. The van der Waals surface area contributed by atoms with Crippen molar-refractivity contribution in [2.75, 3.05) is 5.32 Å². The summed E-state index contributed by atoms with van der Waals surface area (Å²) in [6.45, 7) is 3.10. The molecule has 0 saturated heterocycles. The van der Waals surface area contributed by atoms with Gasteiger partial charge in [0.05, 0.1) is 12.3 Å². The maximum Gasteiger partial charge on any atom is 0.244 e. The number of amides is 1. The van der Waals surface area contributed by atoms with Crippen LogP contribution < -0.4 is 5.32 Å². The Kier molecular flexibility index (Phi) is 2.58. The molecule has 1 aromatic heterocycles. The van der Waals surface area contributed by atoms with Crippen LogP contribution >= 0.6 is 11.5 Å². The number of hydrogen-bond acceptors (Lipinski definition) is 5. The number of hydrogen-bond donors (Lipinski definition) is 1. The lowest BCUT2D eigenvalue weighted by atomic mass is 9.95. The molecule has 1 rings (SSSR count). The van der Waals surface area contributed by atoms with Crippen molar-refractivity contribution in [3.05, 3.63) is 6.20 Å². The zero-order valence-corrected chi connectivity index (χ0v) is 8.05. The van der Waals surface area contributed by atoms with Crippen LogP contribution in [0.4, 0.5) is 5.00 Å². The predicted octanol–water partition coefficient (Wildman–Crippen LogP) is 1.03. The highest BCUT2D eigenvalue weighted by Crippen LogP contribution is 2.18. The van der Waals surface area contributed by atoms with Gasteiger partial charge in [-0.3, -0.25) is 4.79 Å². The van der Waals surface area contributed by atoms with Crippen molar-refractivity contribution < 1.29 is 4.79 Å². The minimum Gasteiger partial charge on any atom is -0.314 e. The highest BCUT2D eigenvalue weighted by molar-refractivity contribution is 7.10. The third kappa shape index (κ3) is 2.23. The van der Waals surface area contributed by atoms with Gasteiger partial charge in [0.25, 0.3) is 0 Å². The number of anilines is 1. The van der Waals surface area contributed by atoms with Gasteiger partial charge in [-0.2, -0.15) is 5.26 Å². The molecule has 0 radical (unpaired) electrons. The molecule has 0 bridgehead atoms. The Hall–Kier alpha value is -1.48. The van der Waals surface area contributed by atoms with E-state index < -0.39 is 5.41 Å². The molecule has 0 aliphatic carbocycles. The van der Waals surface area contributed by atoms with Crippen molar-refractivity contribution in [2.24, 2.45) is 5.41 Å². The van der Waals surface area contributed by atoms with Crippen LogP contribution in [0.3, 0.4) is 0 Å². The second-order valence-electron chi connectivity index (χ2n) is 2.97. The first-order valence-corrected chi connectivity index (χ1v) is 4.33. The zero-order valence-electron chi connectivity index (χ0n) is 7.24. The van der Waals surface area contributed by atoms with Crippen LogP contribution in [0, 0.1) is 16.7 Å². The number of nitrogens with one attached hydrogen (secondary N) is 1. The monoisotopic (exact) mass is 196 g/mol. The molecule has 68 valence electrons. The van der Waals surface area contributed by atoms with Gasteiger partial charge in [-0.05, 0) is 13.8 Å². The molecule has 0 spiro atoms. The highest BCUT2D eigenvalue weighted by Gasteiger charge is 2.27. The number of nitriles is 1. The van der Waals surface area contributed by atoms with Crippen LogP contribution in [-0.4, -0.2) is 15.5 Å². The quantitative estimate of drug-likeness (QED) is 0.766. The molecule has 0 aliphatic rings. The second kappa shape index (κ2) is 3.49. The molecule has 13 heavy (non-hydrogen) atoms. The topological polar surface area (TPSA) is 78.7 Å². The molecule has 0 aliphatic heterocycles. The van der Waals surface area contributed by atoms with E-state index in [1.54, 1.807) is 13.8 Å². The normalized spacial score (nSPS) is 10.5. The Balaban J connectivity index is 2.68. The summed E-state index contributed by atoms with van der Waals surface area (Å²) < 4.78 is 3.58. The van der Waals surface area contributed by atoms with Gasteiger partial charge in [-0.25, -0.2) is 0 Å². The lowest BCUT2D eigenvalue weighted by molar-refractivity contribution is -0.121. The summed E-state index contributed by atoms with van der Waals surface area (Å²) in [7, 11) is 0. The van der Waals surface area contributed by atoms with Crippen LogP contribution in [-0.2, 0) is 4.79 Å². The van der Waals surface area contributed by atoms with E-state index in [4.69, 9.17) is 5.26 Å². The SMILES string of the molecule is CC(C)(C#N)C(=O)Nc1cnns1. The molecule has 0 aromatic carbocycles. The Morgan fingerprint density at radius 2 is 2.46 bits per heavy atom. The largest absolute Gasteiger partial charge is 0.314 e. The Morgan fingerprint density at radius 3 is 2.92 bits per heavy atom. The van der Waals surface area contributed by atoms with Crippen molar-refractivity contribution in [3.63, 3.8) is 0 Å². The molecule has 0 atom stereocenters. The summed E-state index contributed by atoms with van der Waals surface area (Å²) in [6.07, 6.45) is 1.44. The van der Waals surface area contributed by atoms with E-state index in [0.717, 1.165) is 11.5 Å². The second-order valence-corrected chi connectivity index (χ2v) is 3.76. The molecule has 0 unspecified atom stereocenters. The number of nitrogens with zero attached hydrogens (tertiary/aromatic N) is 3. The molecular weight excluding hydrogens is 188 g/mol. The van der Waals surface area contributed by atoms with E-state index in [2.05, 4.69) is 14.9 Å². The molecule has 0 fully saturated rings. The third-order valence-electron chi connectivity index (χ3n) is 1.45. The summed E-state index contributed by atoms with van der Waals surface area (Å²) in [5, 5.41) is 15.3. The van der Waals surface area contributed by atoms with Gasteiger partial charge in [0.15, 0.2) is 0 Å². The molecule has 6 heteroatoms. The first-order chi connectivity index (χ1) is 6.06. The molecule has 1 heterocycles. The van der Waals surface area contributed by atoms with E-state index >= 15 is 0 Å². The van der Waals surface area contributed by atoms with Crippen molar-refractivity contribution in [1.29, 1.82) is 5.26 Å². The smallest absolute Gasteiger partial charge is 0.244 e. The number of rotatable bonds is 2. The number of carbonyl (C=O) groups is 1. The Labute approximate surface area is 79.5 Å². The van der Waals surface area contributed by atoms with E-state index in [9.17, 15) is 4.79 Å². The highest BCUT2D eigenvalue weighted by atomic mass is 32.1. The fraction of sp³-hybridized carbons (Fsp3) is 0.429. The predicted molar refractivity (Wildman–Crippen MR) is 47.9 cm³/mol. The molecule has 5 nitrogen and oxygen atoms in total. The molecule has 0 saturated carbocycles. The summed E-state index contributed by atoms with van der Waals surface area (Å²) in [5.74, 6) is -0.346. The fourth-order valence-electron chi connectivity index (χ4n) is 0.541. The Bertz CT molecular complexity index is 338. The maximum atomic E-state index is 11.4. The number of aromatic nitrogens is 2. The molecule has 1 amide bonds. The Morgan fingerprint density at radius 1 is 1.77 bits per heavy atom. The molecular formula is C7H8N4OS. The lowest BCUT2D eigenvalue weighted by Crippen LogP contribution is -2.28. The maximum absolute atomic E-state index is 11.4. The van der Waals surface area contributed by atoms with Gasteiger partial charge in [-0.15, -0.1) is 5.10 Å². The van der Waals surface area contributed by atoms with Gasteiger partial charge in [0, 0.05) is 11.5 Å². The van der Waals surface area contributed by atoms with Gasteiger partial charge in [0.2, 0.25) is 5.91 Å². The fourth-order valence-corrected chi connectivity index (χ4v) is 0.956. The molecule has 1 N–H and O–H groups in total. The van der Waals surface area contributed by atoms with Crippen LogP contribution in [0.15, 0.2) is 6.20 Å². The van der Waals surface area contributed by atoms with E-state index in [-0.39, 0.29) is 5.91 Å². The summed E-state index contributed by atoms with van der Waals surface area (Å²) in [6, 6.07) is 1.91. The average Bonchev–Trinajstić information content (AvgIpc) is 2.57. The summed E-state index contributed by atoms with van der Waals surface area (Å²) >= 11 is 1.08. The van der Waals surface area contributed by atoms with Crippen LogP contribution in [0.2, 0.25) is 0 Å². The van der Waals surface area contributed by atoms with Crippen molar-refractivity contribution in [1.82, 2.24) is 9.59 Å².